The zero-order valence-electron chi connectivity index (χ0n) is 41.0. The van der Waals surface area contributed by atoms with E-state index in [1.807, 2.05) is 4.90 Å². The Labute approximate surface area is 417 Å². The van der Waals surface area contributed by atoms with E-state index in [0.717, 1.165) is 47.5 Å². The van der Waals surface area contributed by atoms with Crippen molar-refractivity contribution in [2.75, 3.05) is 99.7 Å². The van der Waals surface area contributed by atoms with Crippen molar-refractivity contribution in [3.8, 4) is 0 Å². The summed E-state index contributed by atoms with van der Waals surface area (Å²) in [5, 5.41) is 12.0. The molecule has 8 rings (SSSR count). The molecule has 5 aromatic rings. The highest BCUT2D eigenvalue weighted by Gasteiger charge is 2.42. The van der Waals surface area contributed by atoms with Gasteiger partial charge in [-0.05, 0) is 84.6 Å². The molecule has 2 atom stereocenters. The molecule has 0 bridgehead atoms. The van der Waals surface area contributed by atoms with Gasteiger partial charge in [-0.3, -0.25) is 29.3 Å². The maximum absolute atomic E-state index is 14.2. The lowest BCUT2D eigenvalue weighted by molar-refractivity contribution is -0.137. The fraction of sp³-hybridized carbons (Fsp3) is 0.431. The number of carbonyl (C=O) groups is 2. The largest absolute Gasteiger partial charge is 0.421 e. The summed E-state index contributed by atoms with van der Waals surface area (Å²) in [7, 11) is -1.84. The predicted molar refractivity (Wildman–Crippen MR) is 268 cm³/mol. The first kappa shape index (κ1) is 52.2. The van der Waals surface area contributed by atoms with Crippen LogP contribution in [0.3, 0.4) is 0 Å². The topological polar surface area (TPSA) is 177 Å². The number of hydrogen-bond acceptors (Lipinski definition) is 14. The Balaban J connectivity index is 0.876. The second kappa shape index (κ2) is 21.9. The molecule has 4 N–H and O–H groups in total. The third-order valence-electron chi connectivity index (χ3n) is 13.2. The Morgan fingerprint density at radius 3 is 2.32 bits per heavy atom. The highest BCUT2D eigenvalue weighted by Crippen LogP contribution is 2.41. The number of methoxy groups -OCH3 is 1. The summed E-state index contributed by atoms with van der Waals surface area (Å²) in [6.07, 6.45) is -2.53. The lowest BCUT2D eigenvalue weighted by Gasteiger charge is -2.39. The van der Waals surface area contributed by atoms with Gasteiger partial charge in [0.15, 0.2) is 9.84 Å². The van der Waals surface area contributed by atoms with Gasteiger partial charge in [-0.1, -0.05) is 38.1 Å². The van der Waals surface area contributed by atoms with Crippen LogP contribution >= 0.6 is 0 Å². The second-order valence-corrected chi connectivity index (χ2v) is 21.5. The minimum absolute atomic E-state index is 0.0135. The minimum Gasteiger partial charge on any atom is -0.383 e. The van der Waals surface area contributed by atoms with Crippen LogP contribution in [-0.2, 0) is 55.3 Å². The van der Waals surface area contributed by atoms with E-state index in [1.54, 1.807) is 49.6 Å². The number of piperazine rings is 2. The standard InChI is InChI=1S/C51H61F4N11O5S/c1-33-27-65(40(25-56-33)31-71-4)30-46(68)66-32-50(2,3)47-44(66)23-36(21-34-9-11-37(52)12-10-34)43(61-47)28-63-17-19-64(20-18-63)29-45(67)59-38-13-15-39(16-14-38)60-49-58-26-42(51(53,54)55)48(62-49)57-24-35-7-6-8-41(22-35)72(5,69)70/h6-16,22-23,26,33,40,56H,17-21,24-25,27-32H2,1-5H3,(H,59,67)(H2,57,58,60,62)/t33-,40-/m1/s1. The van der Waals surface area contributed by atoms with E-state index in [2.05, 4.69) is 72.8 Å². The van der Waals surface area contributed by atoms with Gasteiger partial charge in [-0.25, -0.2) is 17.8 Å². The first-order valence-corrected chi connectivity index (χ1v) is 25.7. The first-order chi connectivity index (χ1) is 34.2. The van der Waals surface area contributed by atoms with Gasteiger partial charge in [0.05, 0.1) is 41.7 Å². The molecular formula is C51H61F4N11O5S. The van der Waals surface area contributed by atoms with Gasteiger partial charge in [0, 0.05) is 107 Å². The number of carbonyl (C=O) groups excluding carboxylic acids is 2. The summed E-state index contributed by atoms with van der Waals surface area (Å²) in [6.45, 7) is 12.3. The predicted octanol–water partition coefficient (Wildman–Crippen LogP) is 6.07. The number of ether oxygens (including phenoxy) is 1. The number of halogens is 4. The molecule has 0 spiro atoms. The Morgan fingerprint density at radius 2 is 1.62 bits per heavy atom. The Kier molecular flexibility index (Phi) is 15.9. The molecule has 3 aliphatic heterocycles. The van der Waals surface area contributed by atoms with Crippen molar-refractivity contribution in [3.05, 3.63) is 125 Å². The number of hydrogen-bond donors (Lipinski definition) is 4. The van der Waals surface area contributed by atoms with Crippen LogP contribution in [0, 0.1) is 5.82 Å². The third kappa shape index (κ3) is 13.1. The maximum Gasteiger partial charge on any atom is 0.421 e. The number of fused-ring (bicyclic) bond motifs is 1. The number of alkyl halides is 3. The van der Waals surface area contributed by atoms with Gasteiger partial charge in [0.2, 0.25) is 17.8 Å². The van der Waals surface area contributed by atoms with Crippen LogP contribution in [0.1, 0.15) is 54.4 Å². The van der Waals surface area contributed by atoms with Gasteiger partial charge < -0.3 is 30.9 Å². The smallest absolute Gasteiger partial charge is 0.383 e. The molecule has 72 heavy (non-hydrogen) atoms. The van der Waals surface area contributed by atoms with Crippen LogP contribution in [0.4, 0.5) is 46.4 Å². The van der Waals surface area contributed by atoms with Gasteiger partial charge in [-0.2, -0.15) is 18.2 Å². The number of amides is 2. The van der Waals surface area contributed by atoms with Crippen molar-refractivity contribution >= 4 is 50.5 Å². The molecule has 384 valence electrons. The summed E-state index contributed by atoms with van der Waals surface area (Å²) >= 11 is 0. The molecule has 0 aliphatic carbocycles. The van der Waals surface area contributed by atoms with Crippen molar-refractivity contribution in [1.29, 1.82) is 0 Å². The van der Waals surface area contributed by atoms with E-state index in [0.29, 0.717) is 75.4 Å². The van der Waals surface area contributed by atoms with Gasteiger partial charge in [0.25, 0.3) is 0 Å². The molecule has 3 aromatic carbocycles. The number of sulfone groups is 1. The van der Waals surface area contributed by atoms with Crippen LogP contribution in [0.25, 0.3) is 0 Å². The average Bonchev–Trinajstić information content (AvgIpc) is 3.59. The van der Waals surface area contributed by atoms with Crippen molar-refractivity contribution in [2.24, 2.45) is 0 Å². The van der Waals surface area contributed by atoms with Crippen molar-refractivity contribution < 1.29 is 40.3 Å². The zero-order valence-corrected chi connectivity index (χ0v) is 41.8. The summed E-state index contributed by atoms with van der Waals surface area (Å²) in [4.78, 5) is 49.3. The van der Waals surface area contributed by atoms with Crippen LogP contribution in [0.15, 0.2) is 90.0 Å². The second-order valence-electron chi connectivity index (χ2n) is 19.5. The van der Waals surface area contributed by atoms with E-state index >= 15 is 0 Å². The van der Waals surface area contributed by atoms with Gasteiger partial charge in [0.1, 0.15) is 17.2 Å². The quantitative estimate of drug-likeness (QED) is 0.0790. The van der Waals surface area contributed by atoms with Crippen molar-refractivity contribution in [1.82, 2.24) is 35.0 Å². The summed E-state index contributed by atoms with van der Waals surface area (Å²) < 4.78 is 85.2. The Morgan fingerprint density at radius 1 is 0.917 bits per heavy atom. The minimum atomic E-state index is -4.76. The van der Waals surface area contributed by atoms with Crippen LogP contribution in [0.5, 0.6) is 0 Å². The fourth-order valence-corrected chi connectivity index (χ4v) is 10.0. The molecule has 3 aliphatic rings. The number of anilines is 5. The molecule has 5 heterocycles. The number of benzene rings is 3. The van der Waals surface area contributed by atoms with Crippen molar-refractivity contribution in [2.45, 2.75) is 68.9 Å². The lowest BCUT2D eigenvalue weighted by atomic mass is 9.90. The average molecular weight is 1020 g/mol. The SMILES string of the molecule is COC[C@H]1CN[C@H](C)CN1CC(=O)N1CC(C)(C)c2nc(CN3CCN(CC(=O)Nc4ccc(Nc5ncc(C(F)(F)F)c(NCc6cccc(S(C)(=O)=O)c6)n5)cc4)CC3)c(Cc3ccc(F)cc3)cc21. The van der Waals surface area contributed by atoms with Crippen LogP contribution in [-0.4, -0.2) is 141 Å². The van der Waals surface area contributed by atoms with Gasteiger partial charge >= 0.3 is 6.18 Å². The highest BCUT2D eigenvalue weighted by molar-refractivity contribution is 7.90. The van der Waals surface area contributed by atoms with E-state index in [9.17, 15) is 35.6 Å². The molecule has 2 fully saturated rings. The zero-order chi connectivity index (χ0) is 51.4. The Hall–Kier alpha value is -6.10. The molecular weight excluding hydrogens is 955 g/mol. The molecule has 0 radical (unpaired) electrons. The van der Waals surface area contributed by atoms with Crippen LogP contribution < -0.4 is 26.2 Å². The molecule has 2 aromatic heterocycles. The van der Waals surface area contributed by atoms with E-state index < -0.39 is 32.8 Å². The third-order valence-corrected chi connectivity index (χ3v) is 14.3. The monoisotopic (exact) mass is 1020 g/mol. The molecule has 2 saturated heterocycles. The lowest BCUT2D eigenvalue weighted by Crippen LogP contribution is -2.59. The molecule has 21 heteroatoms. The molecule has 0 unspecified atom stereocenters. The maximum atomic E-state index is 14.2. The molecule has 2 amide bonds. The van der Waals surface area contributed by atoms with Crippen LogP contribution in [0.2, 0.25) is 0 Å². The summed E-state index contributed by atoms with van der Waals surface area (Å²) in [5.74, 6) is -1.11. The first-order valence-electron chi connectivity index (χ1n) is 23.8. The summed E-state index contributed by atoms with van der Waals surface area (Å²) in [5.41, 5.74) is 4.41. The Bertz CT molecular complexity index is 2850. The van der Waals surface area contributed by atoms with E-state index in [4.69, 9.17) is 9.72 Å². The number of rotatable bonds is 17. The van der Waals surface area contributed by atoms with E-state index in [1.165, 1.54) is 30.3 Å². The molecule has 16 nitrogen and oxygen atoms in total. The summed E-state index contributed by atoms with van der Waals surface area (Å²) in [6, 6.07) is 21.4. The van der Waals surface area contributed by atoms with E-state index in [-0.39, 0.29) is 60.2 Å². The fourth-order valence-electron chi connectivity index (χ4n) is 9.36. The van der Waals surface area contributed by atoms with Gasteiger partial charge in [-0.15, -0.1) is 0 Å². The highest BCUT2D eigenvalue weighted by atomic mass is 32.2. The number of aromatic nitrogens is 3. The van der Waals surface area contributed by atoms with Crippen molar-refractivity contribution in [3.63, 3.8) is 0 Å². The normalized spacial score (nSPS) is 18.7. The number of pyridine rings is 1. The number of nitrogens with one attached hydrogen (secondary N) is 4. The molecule has 0 saturated carbocycles. The number of nitrogens with zero attached hydrogens (tertiary/aromatic N) is 7.